The lowest BCUT2D eigenvalue weighted by Gasteiger charge is -2.24. The van der Waals surface area contributed by atoms with Crippen molar-refractivity contribution in [3.8, 4) is 5.75 Å². The second-order valence-corrected chi connectivity index (χ2v) is 5.31. The van der Waals surface area contributed by atoms with Gasteiger partial charge in [-0.2, -0.15) is 13.2 Å². The fourth-order valence-electron chi connectivity index (χ4n) is 1.88. The van der Waals surface area contributed by atoms with E-state index in [-0.39, 0.29) is 11.0 Å². The molecule has 1 aromatic rings. The Balaban J connectivity index is 3.57. The summed E-state index contributed by atoms with van der Waals surface area (Å²) >= 11 is 0. The molecule has 1 nitrogen and oxygen atoms in total. The maximum atomic E-state index is 13.1. The molecule has 0 aliphatic carbocycles. The largest absolute Gasteiger partial charge is 0.496 e. The molecule has 0 N–H and O–H groups in total. The van der Waals surface area contributed by atoms with Gasteiger partial charge >= 0.3 is 6.18 Å². The Hall–Kier alpha value is -1.19. The van der Waals surface area contributed by atoms with Gasteiger partial charge in [0, 0.05) is 5.56 Å². The summed E-state index contributed by atoms with van der Waals surface area (Å²) < 4.78 is 44.3. The highest BCUT2D eigenvalue weighted by Gasteiger charge is 2.35. The smallest absolute Gasteiger partial charge is 0.416 e. The number of hydrogen-bond acceptors (Lipinski definition) is 1. The average Bonchev–Trinajstić information content (AvgIpc) is 2.24. The summed E-state index contributed by atoms with van der Waals surface area (Å²) in [5, 5.41) is 0. The van der Waals surface area contributed by atoms with Crippen molar-refractivity contribution < 1.29 is 17.9 Å². The molecule has 4 heteroatoms. The molecule has 0 radical (unpaired) electrons. The van der Waals surface area contributed by atoms with Crippen molar-refractivity contribution in [3.05, 3.63) is 28.8 Å². The lowest BCUT2D eigenvalue weighted by molar-refractivity contribution is -0.138. The zero-order chi connectivity index (χ0) is 14.1. The third-order valence-corrected chi connectivity index (χ3v) is 2.95. The van der Waals surface area contributed by atoms with Crippen LogP contribution in [-0.4, -0.2) is 7.11 Å². The number of ether oxygens (including phenoxy) is 1. The molecule has 1 aromatic carbocycles. The van der Waals surface area contributed by atoms with Gasteiger partial charge in [0.2, 0.25) is 0 Å². The monoisotopic (exact) mass is 260 g/mol. The summed E-state index contributed by atoms with van der Waals surface area (Å²) in [5.74, 6) is 0.317. The lowest BCUT2D eigenvalue weighted by Crippen LogP contribution is -2.16. The highest BCUT2D eigenvalue weighted by atomic mass is 19.4. The Morgan fingerprint density at radius 2 is 1.67 bits per heavy atom. The second-order valence-electron chi connectivity index (χ2n) is 5.31. The van der Waals surface area contributed by atoms with Crippen molar-refractivity contribution in [1.82, 2.24) is 0 Å². The van der Waals surface area contributed by atoms with E-state index in [9.17, 15) is 13.2 Å². The van der Waals surface area contributed by atoms with Gasteiger partial charge in [0.15, 0.2) is 0 Å². The lowest BCUT2D eigenvalue weighted by atomic mass is 9.84. The van der Waals surface area contributed by atoms with Gasteiger partial charge in [-0.15, -0.1) is 0 Å². The van der Waals surface area contributed by atoms with Gasteiger partial charge in [-0.1, -0.05) is 27.7 Å². The molecule has 0 aromatic heterocycles. The van der Waals surface area contributed by atoms with Crippen LogP contribution in [0.2, 0.25) is 0 Å². The predicted octanol–water partition coefficient (Wildman–Crippen LogP) is 4.57. The molecule has 18 heavy (non-hydrogen) atoms. The van der Waals surface area contributed by atoms with E-state index in [0.717, 1.165) is 0 Å². The van der Waals surface area contributed by atoms with Crippen LogP contribution in [0, 0.1) is 0 Å². The third kappa shape index (κ3) is 2.98. The first-order valence-corrected chi connectivity index (χ1v) is 5.89. The Labute approximate surface area is 106 Å². The maximum Gasteiger partial charge on any atom is 0.416 e. The molecular weight excluding hydrogens is 241 g/mol. The van der Waals surface area contributed by atoms with Crippen LogP contribution >= 0.6 is 0 Å². The van der Waals surface area contributed by atoms with Crippen LogP contribution < -0.4 is 4.74 Å². The van der Waals surface area contributed by atoms with E-state index in [4.69, 9.17) is 4.74 Å². The molecule has 0 unspecified atom stereocenters. The number of rotatable bonds is 2. The van der Waals surface area contributed by atoms with Crippen molar-refractivity contribution in [2.24, 2.45) is 0 Å². The molecule has 0 atom stereocenters. The first kappa shape index (κ1) is 14.9. The van der Waals surface area contributed by atoms with Gasteiger partial charge in [0.05, 0.1) is 12.7 Å². The number of hydrogen-bond donors (Lipinski definition) is 0. The zero-order valence-corrected chi connectivity index (χ0v) is 11.4. The van der Waals surface area contributed by atoms with Crippen molar-refractivity contribution in [3.63, 3.8) is 0 Å². The number of halogens is 3. The van der Waals surface area contributed by atoms with Crippen molar-refractivity contribution in [1.29, 1.82) is 0 Å². The Morgan fingerprint density at radius 1 is 1.11 bits per heavy atom. The SMILES string of the molecule is CCc1c(OC)cc(C(C)(C)C)cc1C(F)(F)F. The summed E-state index contributed by atoms with van der Waals surface area (Å²) in [4.78, 5) is 0. The summed E-state index contributed by atoms with van der Waals surface area (Å²) in [5.41, 5.74) is -0.0873. The minimum absolute atomic E-state index is 0.220. The minimum Gasteiger partial charge on any atom is -0.496 e. The Morgan fingerprint density at radius 3 is 2.00 bits per heavy atom. The molecule has 0 amide bonds. The summed E-state index contributed by atoms with van der Waals surface area (Å²) in [6, 6.07) is 2.94. The molecular formula is C14H19F3O. The van der Waals surface area contributed by atoms with Crippen LogP contribution in [0.4, 0.5) is 13.2 Å². The predicted molar refractivity (Wildman–Crippen MR) is 66.1 cm³/mol. The number of methoxy groups -OCH3 is 1. The number of alkyl halides is 3. The summed E-state index contributed by atoms with van der Waals surface area (Å²) in [6.07, 6.45) is -4.05. The Kier molecular flexibility index (Phi) is 3.99. The molecule has 0 aliphatic heterocycles. The normalized spacial score (nSPS) is 12.7. The van der Waals surface area contributed by atoms with Gasteiger partial charge in [0.1, 0.15) is 5.75 Å². The van der Waals surface area contributed by atoms with Gasteiger partial charge in [-0.05, 0) is 29.5 Å². The third-order valence-electron chi connectivity index (χ3n) is 2.95. The van der Waals surface area contributed by atoms with Crippen LogP contribution in [0.1, 0.15) is 44.4 Å². The molecule has 0 spiro atoms. The minimum atomic E-state index is -4.35. The van der Waals surface area contributed by atoms with Crippen molar-refractivity contribution >= 4 is 0 Å². The van der Waals surface area contributed by atoms with Crippen LogP contribution in [0.5, 0.6) is 5.75 Å². The highest BCUT2D eigenvalue weighted by Crippen LogP contribution is 2.39. The van der Waals surface area contributed by atoms with E-state index >= 15 is 0 Å². The van der Waals surface area contributed by atoms with E-state index in [1.165, 1.54) is 13.2 Å². The molecule has 0 fully saturated rings. The first-order valence-electron chi connectivity index (χ1n) is 5.89. The average molecular weight is 260 g/mol. The van der Waals surface area contributed by atoms with Crippen LogP contribution in [-0.2, 0) is 18.0 Å². The molecule has 0 bridgehead atoms. The standard InChI is InChI=1S/C14H19F3O/c1-6-10-11(14(15,16)17)7-9(13(2,3)4)8-12(10)18-5/h7-8H,6H2,1-5H3. The van der Waals surface area contributed by atoms with E-state index < -0.39 is 11.7 Å². The molecule has 0 heterocycles. The van der Waals surface area contributed by atoms with Gasteiger partial charge in [-0.25, -0.2) is 0 Å². The summed E-state index contributed by atoms with van der Waals surface area (Å²) in [7, 11) is 1.40. The molecule has 0 saturated heterocycles. The fourth-order valence-corrected chi connectivity index (χ4v) is 1.88. The maximum absolute atomic E-state index is 13.1. The van der Waals surface area contributed by atoms with Crippen molar-refractivity contribution in [2.75, 3.05) is 7.11 Å². The second kappa shape index (κ2) is 4.82. The number of benzene rings is 1. The zero-order valence-electron chi connectivity index (χ0n) is 11.4. The summed E-state index contributed by atoms with van der Waals surface area (Å²) in [6.45, 7) is 7.35. The first-order chi connectivity index (χ1) is 8.11. The topological polar surface area (TPSA) is 9.23 Å². The van der Waals surface area contributed by atoms with E-state index in [1.54, 1.807) is 13.0 Å². The van der Waals surface area contributed by atoms with Crippen molar-refractivity contribution in [2.45, 2.75) is 45.7 Å². The molecule has 1 rings (SSSR count). The fraction of sp³-hybridized carbons (Fsp3) is 0.571. The van der Waals surface area contributed by atoms with E-state index in [2.05, 4.69) is 0 Å². The van der Waals surface area contributed by atoms with Crippen LogP contribution in [0.25, 0.3) is 0 Å². The highest BCUT2D eigenvalue weighted by molar-refractivity contribution is 5.47. The van der Waals surface area contributed by atoms with Gasteiger partial charge < -0.3 is 4.74 Å². The quantitative estimate of drug-likeness (QED) is 0.756. The van der Waals surface area contributed by atoms with E-state index in [0.29, 0.717) is 17.7 Å². The molecule has 0 aliphatic rings. The van der Waals surface area contributed by atoms with Crippen LogP contribution in [0.15, 0.2) is 12.1 Å². The molecule has 0 saturated carbocycles. The van der Waals surface area contributed by atoms with Gasteiger partial charge in [0.25, 0.3) is 0 Å². The Bertz CT molecular complexity index is 428. The van der Waals surface area contributed by atoms with Crippen LogP contribution in [0.3, 0.4) is 0 Å². The van der Waals surface area contributed by atoms with E-state index in [1.807, 2.05) is 20.8 Å². The van der Waals surface area contributed by atoms with Gasteiger partial charge in [-0.3, -0.25) is 0 Å². The molecule has 102 valence electrons.